The summed E-state index contributed by atoms with van der Waals surface area (Å²) in [6.45, 7) is 0. The van der Waals surface area contributed by atoms with Crippen molar-refractivity contribution < 1.29 is 0 Å². The summed E-state index contributed by atoms with van der Waals surface area (Å²) >= 11 is 1.86. The van der Waals surface area contributed by atoms with Crippen LogP contribution in [0.1, 0.15) is 22.3 Å². The minimum absolute atomic E-state index is 0.442. The summed E-state index contributed by atoms with van der Waals surface area (Å²) in [5.74, 6) is 0.716. The molecular weight excluding hydrogens is 625 g/mol. The first-order chi connectivity index (χ1) is 24.8. The Bertz CT molecular complexity index is 2530. The average Bonchev–Trinajstić information content (AvgIpc) is 3.49. The van der Waals surface area contributed by atoms with Gasteiger partial charge in [-0.15, -0.1) is 0 Å². The van der Waals surface area contributed by atoms with Crippen LogP contribution in [-0.2, 0) is 5.41 Å². The third-order valence-electron chi connectivity index (χ3n) is 10.2. The topological polar surface area (TPSA) is 25.8 Å². The molecule has 0 saturated heterocycles. The number of aromatic nitrogens is 2. The van der Waals surface area contributed by atoms with Crippen LogP contribution >= 0.6 is 11.8 Å². The van der Waals surface area contributed by atoms with Crippen LogP contribution in [0.4, 0.5) is 0 Å². The highest BCUT2D eigenvalue weighted by Crippen LogP contribution is 2.63. The van der Waals surface area contributed by atoms with Crippen molar-refractivity contribution in [2.45, 2.75) is 15.2 Å². The van der Waals surface area contributed by atoms with Crippen molar-refractivity contribution in [3.05, 3.63) is 204 Å². The highest BCUT2D eigenvalue weighted by atomic mass is 32.2. The number of fused-ring (bicyclic) bond motifs is 9. The van der Waals surface area contributed by atoms with Crippen molar-refractivity contribution in [1.29, 1.82) is 0 Å². The number of hydrogen-bond donors (Lipinski definition) is 0. The third kappa shape index (κ3) is 4.37. The number of benzene rings is 7. The average molecular weight is 655 g/mol. The number of hydrogen-bond acceptors (Lipinski definition) is 3. The van der Waals surface area contributed by atoms with E-state index >= 15 is 0 Å². The van der Waals surface area contributed by atoms with Crippen LogP contribution in [0.3, 0.4) is 0 Å². The van der Waals surface area contributed by atoms with E-state index in [1.54, 1.807) is 0 Å². The van der Waals surface area contributed by atoms with Gasteiger partial charge in [0, 0.05) is 26.5 Å². The van der Waals surface area contributed by atoms with Gasteiger partial charge < -0.3 is 0 Å². The molecule has 0 amide bonds. The molecule has 2 heterocycles. The molecule has 0 bridgehead atoms. The lowest BCUT2D eigenvalue weighted by atomic mass is 9.67. The van der Waals surface area contributed by atoms with Gasteiger partial charge in [0.2, 0.25) is 0 Å². The van der Waals surface area contributed by atoms with E-state index in [1.165, 1.54) is 48.7 Å². The van der Waals surface area contributed by atoms with Crippen LogP contribution in [0.5, 0.6) is 0 Å². The molecule has 0 radical (unpaired) electrons. The second-order valence-electron chi connectivity index (χ2n) is 12.9. The molecular formula is C47H30N2S. The van der Waals surface area contributed by atoms with Crippen molar-refractivity contribution in [3.63, 3.8) is 0 Å². The monoisotopic (exact) mass is 654 g/mol. The molecule has 1 aromatic heterocycles. The van der Waals surface area contributed by atoms with Crippen LogP contribution in [0.25, 0.3) is 56.2 Å². The van der Waals surface area contributed by atoms with Crippen LogP contribution in [0.15, 0.2) is 192 Å². The minimum Gasteiger partial charge on any atom is -0.228 e. The lowest BCUT2D eigenvalue weighted by molar-refractivity contribution is 0.723. The maximum Gasteiger partial charge on any atom is 0.160 e. The molecule has 1 aliphatic heterocycles. The number of nitrogens with zero attached hydrogens (tertiary/aromatic N) is 2. The second-order valence-corrected chi connectivity index (χ2v) is 13.9. The summed E-state index contributed by atoms with van der Waals surface area (Å²) in [5.41, 5.74) is 14.8. The quantitative estimate of drug-likeness (QED) is 0.189. The third-order valence-corrected chi connectivity index (χ3v) is 11.4. The molecule has 3 heteroatoms. The fraction of sp³-hybridized carbons (Fsp3) is 0.0213. The van der Waals surface area contributed by atoms with E-state index in [4.69, 9.17) is 9.97 Å². The molecule has 0 saturated carbocycles. The molecule has 10 rings (SSSR count). The van der Waals surface area contributed by atoms with Crippen molar-refractivity contribution in [2.75, 3.05) is 0 Å². The van der Waals surface area contributed by atoms with Gasteiger partial charge in [-0.1, -0.05) is 176 Å². The lowest BCUT2D eigenvalue weighted by Gasteiger charge is -2.40. The molecule has 0 N–H and O–H groups in total. The predicted octanol–water partition coefficient (Wildman–Crippen LogP) is 12.0. The fourth-order valence-corrected chi connectivity index (χ4v) is 9.33. The molecule has 0 unspecified atom stereocenters. The lowest BCUT2D eigenvalue weighted by Crippen LogP contribution is -2.32. The molecule has 1 aliphatic carbocycles. The first-order valence-electron chi connectivity index (χ1n) is 17.0. The van der Waals surface area contributed by atoms with Gasteiger partial charge in [-0.2, -0.15) is 0 Å². The van der Waals surface area contributed by atoms with Crippen molar-refractivity contribution in [2.24, 2.45) is 0 Å². The Labute approximate surface area is 296 Å². The summed E-state index contributed by atoms with van der Waals surface area (Å²) in [7, 11) is 0. The van der Waals surface area contributed by atoms with Gasteiger partial charge in [0.15, 0.2) is 5.82 Å². The molecule has 2 nitrogen and oxygen atoms in total. The SMILES string of the molecule is c1ccc(-c2cccc(-c3cc(-c4cccc5c4Sc4ccccc4C54c5ccccc5-c5ccccc54)nc(-c4ccccc4)n3)c2)cc1. The largest absolute Gasteiger partial charge is 0.228 e. The minimum atomic E-state index is -0.442. The Morgan fingerprint density at radius 3 is 1.62 bits per heavy atom. The molecule has 8 aromatic rings. The predicted molar refractivity (Wildman–Crippen MR) is 205 cm³/mol. The summed E-state index contributed by atoms with van der Waals surface area (Å²) in [5, 5.41) is 0. The highest BCUT2D eigenvalue weighted by molar-refractivity contribution is 7.99. The molecule has 7 aromatic carbocycles. The number of rotatable bonds is 4. The standard InChI is InChI=1S/C47H30N2S/c1-3-15-31(16-4-1)33-19-13-20-34(29-33)42-30-43(49-46(48-42)32-17-5-2-6-18-32)37-23-14-27-41-45(37)50-44-28-12-11-26-40(44)47(41)38-24-9-7-21-35(38)36-22-8-10-25-39(36)47/h1-30H. The van der Waals surface area contributed by atoms with Crippen LogP contribution < -0.4 is 0 Å². The first kappa shape index (κ1) is 28.9. The summed E-state index contributed by atoms with van der Waals surface area (Å²) < 4.78 is 0. The Kier molecular flexibility index (Phi) is 6.68. The molecule has 0 atom stereocenters. The van der Waals surface area contributed by atoms with Crippen molar-refractivity contribution >= 4 is 11.8 Å². The van der Waals surface area contributed by atoms with Crippen LogP contribution in [0, 0.1) is 0 Å². The zero-order chi connectivity index (χ0) is 33.1. The summed E-state index contributed by atoms with van der Waals surface area (Å²) in [6, 6.07) is 65.4. The van der Waals surface area contributed by atoms with E-state index < -0.39 is 5.41 Å². The summed E-state index contributed by atoms with van der Waals surface area (Å²) in [6.07, 6.45) is 0. The van der Waals surface area contributed by atoms with Gasteiger partial charge >= 0.3 is 0 Å². The van der Waals surface area contributed by atoms with Crippen molar-refractivity contribution in [1.82, 2.24) is 9.97 Å². The van der Waals surface area contributed by atoms with Crippen LogP contribution in [-0.4, -0.2) is 9.97 Å². The molecule has 0 fully saturated rings. The van der Waals surface area contributed by atoms with Gasteiger partial charge in [-0.3, -0.25) is 0 Å². The second kappa shape index (κ2) is 11.5. The molecule has 50 heavy (non-hydrogen) atoms. The van der Waals surface area contributed by atoms with E-state index in [1.807, 2.05) is 17.8 Å². The fourth-order valence-electron chi connectivity index (χ4n) is 8.02. The molecule has 1 spiro atoms. The van der Waals surface area contributed by atoms with E-state index in [-0.39, 0.29) is 0 Å². The zero-order valence-electron chi connectivity index (χ0n) is 27.1. The maximum atomic E-state index is 5.32. The van der Waals surface area contributed by atoms with Gasteiger partial charge in [-0.05, 0) is 62.7 Å². The van der Waals surface area contributed by atoms with E-state index in [0.717, 1.165) is 33.6 Å². The Balaban J connectivity index is 1.23. The van der Waals surface area contributed by atoms with E-state index in [9.17, 15) is 0 Å². The van der Waals surface area contributed by atoms with Gasteiger partial charge in [0.1, 0.15) is 0 Å². The molecule has 234 valence electrons. The highest BCUT2D eigenvalue weighted by Gasteiger charge is 2.50. The zero-order valence-corrected chi connectivity index (χ0v) is 27.9. The van der Waals surface area contributed by atoms with E-state index in [2.05, 4.69) is 176 Å². The van der Waals surface area contributed by atoms with Gasteiger partial charge in [0.25, 0.3) is 0 Å². The van der Waals surface area contributed by atoms with E-state index in [0.29, 0.717) is 5.82 Å². The normalized spacial score (nSPS) is 13.3. The maximum absolute atomic E-state index is 5.32. The smallest absolute Gasteiger partial charge is 0.160 e. The molecule has 2 aliphatic rings. The first-order valence-corrected chi connectivity index (χ1v) is 17.8. The Morgan fingerprint density at radius 1 is 0.360 bits per heavy atom. The van der Waals surface area contributed by atoms with Crippen molar-refractivity contribution in [3.8, 4) is 56.2 Å². The Hall–Kier alpha value is -6.03. The van der Waals surface area contributed by atoms with Crippen LogP contribution in [0.2, 0.25) is 0 Å². The summed E-state index contributed by atoms with van der Waals surface area (Å²) in [4.78, 5) is 13.0. The van der Waals surface area contributed by atoms with Gasteiger partial charge in [-0.25, -0.2) is 9.97 Å². The Morgan fingerprint density at radius 2 is 0.880 bits per heavy atom. The van der Waals surface area contributed by atoms with Gasteiger partial charge in [0.05, 0.1) is 16.8 Å².